The predicted octanol–water partition coefficient (Wildman–Crippen LogP) is 3.22. The number of nitrogens with one attached hydrogen (secondary N) is 1. The van der Waals surface area contributed by atoms with E-state index in [9.17, 15) is 0 Å². The molecule has 0 heterocycles. The van der Waals surface area contributed by atoms with E-state index in [4.69, 9.17) is 5.84 Å². The van der Waals surface area contributed by atoms with E-state index in [1.54, 1.807) is 0 Å². The van der Waals surface area contributed by atoms with E-state index in [1.165, 1.54) is 22.3 Å². The van der Waals surface area contributed by atoms with Crippen molar-refractivity contribution in [3.05, 3.63) is 70.8 Å². The Morgan fingerprint density at radius 1 is 0.895 bits per heavy atom. The van der Waals surface area contributed by atoms with Gasteiger partial charge >= 0.3 is 0 Å². The van der Waals surface area contributed by atoms with Gasteiger partial charge in [-0.2, -0.15) is 0 Å². The van der Waals surface area contributed by atoms with Crippen LogP contribution in [0.1, 0.15) is 29.2 Å². The molecule has 19 heavy (non-hydrogen) atoms. The van der Waals surface area contributed by atoms with Crippen molar-refractivity contribution >= 4 is 0 Å². The fourth-order valence-corrected chi connectivity index (χ4v) is 2.27. The second-order valence-electron chi connectivity index (χ2n) is 5.50. The first-order valence-electron chi connectivity index (χ1n) is 6.64. The Morgan fingerprint density at radius 2 is 1.37 bits per heavy atom. The van der Waals surface area contributed by atoms with Crippen LogP contribution >= 0.6 is 0 Å². The average molecular weight is 254 g/mol. The number of hydrogen-bond donors (Lipinski definition) is 2. The van der Waals surface area contributed by atoms with Gasteiger partial charge in [-0.25, -0.2) is 5.43 Å². The monoisotopic (exact) mass is 254 g/mol. The van der Waals surface area contributed by atoms with Crippen LogP contribution in [0.4, 0.5) is 0 Å². The van der Waals surface area contributed by atoms with Crippen LogP contribution in [0.2, 0.25) is 0 Å². The molecular weight excluding hydrogens is 232 g/mol. The molecule has 2 aromatic carbocycles. The van der Waals surface area contributed by atoms with Gasteiger partial charge in [-0.1, -0.05) is 59.7 Å². The van der Waals surface area contributed by atoms with E-state index in [-0.39, 0.29) is 5.54 Å². The summed E-state index contributed by atoms with van der Waals surface area (Å²) in [6, 6.07) is 17.1. The lowest BCUT2D eigenvalue weighted by molar-refractivity contribution is 0.371. The molecule has 2 aromatic rings. The van der Waals surface area contributed by atoms with Crippen molar-refractivity contribution in [1.29, 1.82) is 0 Å². The topological polar surface area (TPSA) is 38.0 Å². The highest BCUT2D eigenvalue weighted by Crippen LogP contribution is 2.25. The largest absolute Gasteiger partial charge is 0.271 e. The number of hydrogen-bond acceptors (Lipinski definition) is 2. The lowest BCUT2D eigenvalue weighted by atomic mass is 9.85. The Morgan fingerprint density at radius 3 is 1.84 bits per heavy atom. The second-order valence-corrected chi connectivity index (χ2v) is 5.50. The van der Waals surface area contributed by atoms with Gasteiger partial charge in [0.15, 0.2) is 0 Å². The zero-order chi connectivity index (χ0) is 13.9. The van der Waals surface area contributed by atoms with Crippen molar-refractivity contribution in [2.24, 2.45) is 5.84 Å². The Labute approximate surface area is 115 Å². The summed E-state index contributed by atoms with van der Waals surface area (Å²) < 4.78 is 0. The minimum absolute atomic E-state index is 0.247. The van der Waals surface area contributed by atoms with Crippen LogP contribution in [-0.4, -0.2) is 0 Å². The summed E-state index contributed by atoms with van der Waals surface area (Å²) in [5.74, 6) is 5.80. The third-order valence-electron chi connectivity index (χ3n) is 3.69. The molecule has 1 unspecified atom stereocenters. The number of rotatable bonds is 4. The molecule has 0 fully saturated rings. The Bertz CT molecular complexity index is 528. The van der Waals surface area contributed by atoms with Crippen LogP contribution in [0, 0.1) is 13.8 Å². The first kappa shape index (κ1) is 13.8. The van der Waals surface area contributed by atoms with Crippen molar-refractivity contribution in [2.45, 2.75) is 32.7 Å². The number of hydrazine groups is 1. The van der Waals surface area contributed by atoms with Gasteiger partial charge in [0.25, 0.3) is 0 Å². The van der Waals surface area contributed by atoms with Gasteiger partial charge in [0.05, 0.1) is 5.54 Å². The molecule has 0 amide bonds. The molecular formula is C17H22N2. The van der Waals surface area contributed by atoms with E-state index in [0.717, 1.165) is 6.42 Å². The van der Waals surface area contributed by atoms with Crippen LogP contribution in [0.15, 0.2) is 48.5 Å². The van der Waals surface area contributed by atoms with E-state index < -0.39 is 0 Å². The van der Waals surface area contributed by atoms with Gasteiger partial charge in [-0.15, -0.1) is 0 Å². The first-order valence-corrected chi connectivity index (χ1v) is 6.64. The molecule has 0 bridgehead atoms. The highest BCUT2D eigenvalue weighted by atomic mass is 15.3. The maximum Gasteiger partial charge on any atom is 0.0581 e. The number of benzene rings is 2. The quantitative estimate of drug-likeness (QED) is 0.649. The molecule has 0 aliphatic heterocycles. The average Bonchev–Trinajstić information content (AvgIpc) is 2.42. The van der Waals surface area contributed by atoms with E-state index in [1.807, 2.05) is 0 Å². The molecule has 0 radical (unpaired) electrons. The lowest BCUT2D eigenvalue weighted by Crippen LogP contribution is -2.45. The highest BCUT2D eigenvalue weighted by Gasteiger charge is 2.25. The third kappa shape index (κ3) is 3.22. The molecule has 0 aliphatic rings. The molecule has 0 spiro atoms. The summed E-state index contributed by atoms with van der Waals surface area (Å²) in [5.41, 5.74) is 7.77. The first-order chi connectivity index (χ1) is 9.03. The van der Waals surface area contributed by atoms with Gasteiger partial charge in [-0.3, -0.25) is 5.84 Å². The number of nitrogens with two attached hydrogens (primary N) is 1. The molecule has 0 saturated carbocycles. The Balaban J connectivity index is 2.27. The van der Waals surface area contributed by atoms with Gasteiger partial charge < -0.3 is 0 Å². The number of aryl methyl sites for hydroxylation is 2. The summed E-state index contributed by atoms with van der Waals surface area (Å²) >= 11 is 0. The maximum absolute atomic E-state index is 5.80. The van der Waals surface area contributed by atoms with Crippen molar-refractivity contribution < 1.29 is 0 Å². The zero-order valence-corrected chi connectivity index (χ0v) is 11.9. The smallest absolute Gasteiger partial charge is 0.0581 e. The van der Waals surface area contributed by atoms with E-state index in [0.29, 0.717) is 0 Å². The van der Waals surface area contributed by atoms with Crippen LogP contribution in [0.5, 0.6) is 0 Å². The van der Waals surface area contributed by atoms with Crippen LogP contribution in [0.3, 0.4) is 0 Å². The van der Waals surface area contributed by atoms with Crippen molar-refractivity contribution in [2.75, 3.05) is 0 Å². The van der Waals surface area contributed by atoms with Crippen LogP contribution in [0.25, 0.3) is 0 Å². The molecule has 3 N–H and O–H groups in total. The van der Waals surface area contributed by atoms with E-state index in [2.05, 4.69) is 74.7 Å². The summed E-state index contributed by atoms with van der Waals surface area (Å²) in [6.07, 6.45) is 0.868. The lowest BCUT2D eigenvalue weighted by Gasteiger charge is -2.30. The van der Waals surface area contributed by atoms with Crippen LogP contribution in [-0.2, 0) is 12.0 Å². The molecule has 1 atom stereocenters. The van der Waals surface area contributed by atoms with Crippen molar-refractivity contribution in [3.8, 4) is 0 Å². The Kier molecular flexibility index (Phi) is 4.03. The van der Waals surface area contributed by atoms with Crippen LogP contribution < -0.4 is 11.3 Å². The SMILES string of the molecule is Cc1ccc(CC(C)(NN)c2ccc(C)cc2)cc1. The molecule has 2 nitrogen and oxygen atoms in total. The normalized spacial score (nSPS) is 14.1. The standard InChI is InChI=1S/C17H22N2/c1-13-4-8-15(9-5-13)12-17(3,19-18)16-10-6-14(2)7-11-16/h4-11,19H,12,18H2,1-3H3. The predicted molar refractivity (Wildman–Crippen MR) is 80.7 cm³/mol. The minimum Gasteiger partial charge on any atom is -0.271 e. The van der Waals surface area contributed by atoms with E-state index >= 15 is 0 Å². The van der Waals surface area contributed by atoms with Gasteiger partial charge in [0.2, 0.25) is 0 Å². The summed E-state index contributed by atoms with van der Waals surface area (Å²) in [4.78, 5) is 0. The summed E-state index contributed by atoms with van der Waals surface area (Å²) in [7, 11) is 0. The van der Waals surface area contributed by atoms with Gasteiger partial charge in [-0.05, 0) is 38.3 Å². The molecule has 0 aliphatic carbocycles. The zero-order valence-electron chi connectivity index (χ0n) is 11.9. The fraction of sp³-hybridized carbons (Fsp3) is 0.294. The maximum atomic E-state index is 5.80. The fourth-order valence-electron chi connectivity index (χ4n) is 2.27. The van der Waals surface area contributed by atoms with Gasteiger partial charge in [0.1, 0.15) is 0 Å². The molecule has 2 rings (SSSR count). The molecule has 0 saturated heterocycles. The summed E-state index contributed by atoms with van der Waals surface area (Å²) in [5, 5.41) is 0. The second kappa shape index (κ2) is 5.55. The van der Waals surface area contributed by atoms with Crippen molar-refractivity contribution in [1.82, 2.24) is 5.43 Å². The Hall–Kier alpha value is -1.64. The molecule has 100 valence electrons. The highest BCUT2D eigenvalue weighted by molar-refractivity contribution is 5.31. The van der Waals surface area contributed by atoms with Crippen molar-refractivity contribution in [3.63, 3.8) is 0 Å². The van der Waals surface area contributed by atoms with Gasteiger partial charge in [0, 0.05) is 0 Å². The molecule has 2 heteroatoms. The summed E-state index contributed by atoms with van der Waals surface area (Å²) in [6.45, 7) is 6.33. The molecule has 0 aromatic heterocycles. The minimum atomic E-state index is -0.247. The third-order valence-corrected chi connectivity index (χ3v) is 3.69.